The quantitative estimate of drug-likeness (QED) is 0.0240. The first-order chi connectivity index (χ1) is 50.3. The number of rotatable bonds is 26. The lowest BCUT2D eigenvalue weighted by Gasteiger charge is -2.51. The highest BCUT2D eigenvalue weighted by Crippen LogP contribution is 2.48. The molecule has 0 spiro atoms. The zero-order valence-corrected chi connectivity index (χ0v) is 61.5. The number of fused-ring (bicyclic) bond motifs is 1. The number of benzene rings is 1. The highest BCUT2D eigenvalue weighted by atomic mass is 16.5. The molecule has 4 fully saturated rings. The smallest absolute Gasteiger partial charge is 0.228 e. The van der Waals surface area contributed by atoms with Gasteiger partial charge >= 0.3 is 0 Å². The molecule has 5 aliphatic rings. The molecule has 11 N–H and O–H groups in total. The van der Waals surface area contributed by atoms with Crippen LogP contribution < -0.4 is 42.5 Å². The number of pyridine rings is 1. The number of nitriles is 4. The van der Waals surface area contributed by atoms with Crippen LogP contribution in [0.4, 0.5) is 47.1 Å². The lowest BCUT2D eigenvalue weighted by atomic mass is 9.59. The van der Waals surface area contributed by atoms with Crippen LogP contribution in [0.5, 0.6) is 0 Å². The average molecular weight is 1430 g/mol. The number of hydrogen-bond acceptors (Lipinski definition) is 29. The van der Waals surface area contributed by atoms with Gasteiger partial charge in [-0.25, -0.2) is 19.9 Å². The number of methoxy groups -OCH3 is 1. The summed E-state index contributed by atoms with van der Waals surface area (Å²) in [6.45, 7) is 23.6. The molecule has 8 atom stereocenters. The molecule has 0 bridgehead atoms. The van der Waals surface area contributed by atoms with E-state index in [-0.39, 0.29) is 63.8 Å². The predicted molar refractivity (Wildman–Crippen MR) is 406 cm³/mol. The Morgan fingerprint density at radius 1 is 0.524 bits per heavy atom. The number of nitrogens with one attached hydrogen (secondary N) is 8. The maximum absolute atomic E-state index is 9.93. The Balaban J connectivity index is 0.000000225. The van der Waals surface area contributed by atoms with Crippen LogP contribution in [0.15, 0.2) is 100 Å². The molecule has 558 valence electrons. The van der Waals surface area contributed by atoms with E-state index in [1.807, 2.05) is 72.9 Å². The Morgan fingerprint density at radius 2 is 0.971 bits per heavy atom. The summed E-state index contributed by atoms with van der Waals surface area (Å²) in [7, 11) is 1.57. The fraction of sp³-hybridized carbons (Fsp3) is 0.487. The SMILES string of the molecule is CC1(C)[C@@H](O)C[C@H]1Nc1nc(NCCC2=Cc3ccccc3C2)ncc1C#N.COCc1noc(CCNc2ncc(C#N)c(N[C@@H]3C[C@H](O)C3(C)C)n2)n1.C[C@H]1C[C@@H](Nc2nc(NCCc3ccco3)ncc2C#N)C1(C)C.Cc1ccc(CCNc2ncc(C#N)c(N[C@@H]3C[C@H](O)C3(C)C)n2)cn1.[HH].[HH].[HH].[HH]. The van der Waals surface area contributed by atoms with Gasteiger partial charge < -0.3 is 71.5 Å². The third-order valence-corrected chi connectivity index (χ3v) is 21.2. The van der Waals surface area contributed by atoms with E-state index in [9.17, 15) is 36.4 Å². The number of anilines is 8. The van der Waals surface area contributed by atoms with Crippen LogP contribution in [-0.4, -0.2) is 146 Å². The van der Waals surface area contributed by atoms with Gasteiger partial charge in [0.2, 0.25) is 29.7 Å². The molecule has 5 aliphatic carbocycles. The van der Waals surface area contributed by atoms with Gasteiger partial charge in [0.05, 0.1) is 49.4 Å². The number of ether oxygens (including phenoxy) is 1. The molecule has 29 nitrogen and oxygen atoms in total. The van der Waals surface area contributed by atoms with E-state index in [1.165, 1.54) is 29.1 Å². The van der Waals surface area contributed by atoms with E-state index in [0.717, 1.165) is 55.7 Å². The van der Waals surface area contributed by atoms with E-state index in [4.69, 9.17) is 13.7 Å². The molecule has 1 aromatic carbocycles. The molecule has 0 saturated heterocycles. The highest BCUT2D eigenvalue weighted by molar-refractivity contribution is 5.64. The Morgan fingerprint density at radius 3 is 1.36 bits per heavy atom. The minimum atomic E-state index is -0.364. The second-order valence-electron chi connectivity index (χ2n) is 29.5. The van der Waals surface area contributed by atoms with Crippen LogP contribution >= 0.6 is 0 Å². The Kier molecular flexibility index (Phi) is 24.9. The zero-order chi connectivity index (χ0) is 75.1. The number of aryl methyl sites for hydroxylation is 1. The van der Waals surface area contributed by atoms with E-state index < -0.39 is 0 Å². The van der Waals surface area contributed by atoms with Crippen LogP contribution in [0.1, 0.15) is 162 Å². The van der Waals surface area contributed by atoms with Crippen LogP contribution in [0.2, 0.25) is 0 Å². The van der Waals surface area contributed by atoms with Gasteiger partial charge in [-0.05, 0) is 98.1 Å². The van der Waals surface area contributed by atoms with Crippen LogP contribution in [0.25, 0.3) is 6.08 Å². The summed E-state index contributed by atoms with van der Waals surface area (Å²) in [5.74, 6) is 6.57. The van der Waals surface area contributed by atoms with Crippen molar-refractivity contribution >= 4 is 53.1 Å². The van der Waals surface area contributed by atoms with Gasteiger partial charge in [0.15, 0.2) is 5.82 Å². The van der Waals surface area contributed by atoms with Crippen molar-refractivity contribution in [2.45, 2.75) is 176 Å². The van der Waals surface area contributed by atoms with Crippen molar-refractivity contribution in [1.29, 1.82) is 21.0 Å². The summed E-state index contributed by atoms with van der Waals surface area (Å²) < 4.78 is 15.4. The van der Waals surface area contributed by atoms with Gasteiger partial charge in [-0.15, -0.1) is 0 Å². The normalized spacial score (nSPS) is 21.2. The van der Waals surface area contributed by atoms with E-state index in [1.54, 1.807) is 25.8 Å². The van der Waals surface area contributed by atoms with Gasteiger partial charge in [-0.1, -0.05) is 109 Å². The van der Waals surface area contributed by atoms with Crippen LogP contribution in [0, 0.1) is 79.8 Å². The first kappa shape index (κ1) is 76.7. The monoisotopic (exact) mass is 1430 g/mol. The highest BCUT2D eigenvalue weighted by Gasteiger charge is 2.50. The lowest BCUT2D eigenvalue weighted by Crippen LogP contribution is -2.57. The molecule has 0 radical (unpaired) electrons. The van der Waals surface area contributed by atoms with Crippen LogP contribution in [0.3, 0.4) is 0 Å². The Labute approximate surface area is 618 Å². The summed E-state index contributed by atoms with van der Waals surface area (Å²) in [4.78, 5) is 43.2. The fourth-order valence-electron chi connectivity index (χ4n) is 12.6. The summed E-state index contributed by atoms with van der Waals surface area (Å²) in [6, 6.07) is 25.4. The Hall–Kier alpha value is -11.0. The molecule has 0 amide bonds. The predicted octanol–water partition coefficient (Wildman–Crippen LogP) is 11.2. The summed E-state index contributed by atoms with van der Waals surface area (Å²) in [5, 5.41) is 96.8. The van der Waals surface area contributed by atoms with Gasteiger partial charge in [-0.2, -0.15) is 46.0 Å². The van der Waals surface area contributed by atoms with Crippen molar-refractivity contribution in [1.82, 2.24) is 55.0 Å². The molecule has 0 unspecified atom stereocenters. The lowest BCUT2D eigenvalue weighted by molar-refractivity contribution is -0.0512. The fourth-order valence-corrected chi connectivity index (χ4v) is 12.6. The average Bonchev–Trinajstić information content (AvgIpc) is 1.27. The molecule has 8 aromatic rings. The van der Waals surface area contributed by atoms with Crippen LogP contribution in [-0.2, 0) is 37.0 Å². The molecular weight excluding hydrogens is 1330 g/mol. The van der Waals surface area contributed by atoms with Gasteiger partial charge in [0.1, 0.15) is 82.2 Å². The maximum atomic E-state index is 9.93. The molecule has 7 heterocycles. The number of aromatic nitrogens is 11. The first-order valence-electron chi connectivity index (χ1n) is 35.5. The summed E-state index contributed by atoms with van der Waals surface area (Å²) in [6.07, 6.45) is 17.8. The summed E-state index contributed by atoms with van der Waals surface area (Å²) >= 11 is 0. The van der Waals surface area contributed by atoms with E-state index in [0.29, 0.717) is 145 Å². The molecule has 4 saturated carbocycles. The van der Waals surface area contributed by atoms with Crippen molar-refractivity contribution in [2.75, 3.05) is 75.8 Å². The third kappa shape index (κ3) is 19.1. The van der Waals surface area contributed by atoms with E-state index in [2.05, 4.69) is 179 Å². The number of aliphatic hydroxyl groups excluding tert-OH is 3. The number of hydrogen-bond donors (Lipinski definition) is 11. The zero-order valence-electron chi connectivity index (χ0n) is 61.5. The molecule has 7 aromatic heterocycles. The standard InChI is InChI=1S/C22H25N5O.C19H24N6O.C18H23N5O.C17H23N7O3.4H2/c1-22(2)18(11-19(22)28)26-20-17(12-23)13-25-21(27-20)24-8-7-14-9-15-5-3-4-6-16(15)10-14;1-12-4-5-13(10-22-12)6-7-21-18-23-11-14(9-20)17(25-18)24-15-8-16(26)19(15,2)3;1-12-9-15(18(12,2)3)22-16-13(10-19)11-21-17(23-16)20-7-6-14-5-4-8-24-14;1-17(2)11(6-12(17)25)21-15-10(7-18)8-20-16(23-15)19-5-4-14-22-13(9-26-3)24-27-14;;;;/h3-6,9,13,18-19,28H,7-8,10-11H2,1-2H3,(H2,24,25,26,27);4-5,10-11,15-16,26H,6-8H2,1-3H3,(H2,21,23,24,25);4-5,8,11-12,15H,6-7,9H2,1-3H3,(H2,20,21,22,23);8,11-12,25H,4-6,9H2,1-3H3,(H2,19,20,21,23);4*1H/t18-,19+;15-,16+;12-,15+;11-,12+;;;;/m1101..../s1. The number of aliphatic hydroxyl groups is 3. The third-order valence-electron chi connectivity index (χ3n) is 21.2. The van der Waals surface area contributed by atoms with Crippen molar-refractivity contribution in [3.8, 4) is 24.3 Å². The van der Waals surface area contributed by atoms with Crippen molar-refractivity contribution < 1.29 is 34.7 Å². The number of nitrogens with zero attached hydrogens (tertiary/aromatic N) is 15. The molecule has 13 rings (SSSR count). The molecule has 105 heavy (non-hydrogen) atoms. The van der Waals surface area contributed by atoms with Gasteiger partial charge in [-0.3, -0.25) is 4.98 Å². The van der Waals surface area contributed by atoms with Gasteiger partial charge in [0, 0.05) is 104 Å². The van der Waals surface area contributed by atoms with Crippen molar-refractivity contribution in [3.63, 3.8) is 0 Å². The number of furan rings is 1. The second-order valence-corrected chi connectivity index (χ2v) is 29.5. The van der Waals surface area contributed by atoms with Gasteiger partial charge in [0.25, 0.3) is 0 Å². The maximum Gasteiger partial charge on any atom is 0.228 e. The largest absolute Gasteiger partial charge is 0.469 e. The minimum absolute atomic E-state index is 0. The second kappa shape index (κ2) is 34.1. The Bertz CT molecular complexity index is 4480. The van der Waals surface area contributed by atoms with Crippen molar-refractivity contribution in [3.05, 3.63) is 153 Å². The molecule has 0 aliphatic heterocycles. The topological polar surface area (TPSA) is 429 Å². The first-order valence-corrected chi connectivity index (χ1v) is 35.5. The summed E-state index contributed by atoms with van der Waals surface area (Å²) in [5.41, 5.74) is 7.30. The minimum Gasteiger partial charge on any atom is -0.469 e. The molecular formula is C76H103N23O6. The molecule has 29 heteroatoms. The van der Waals surface area contributed by atoms with E-state index >= 15 is 0 Å². The van der Waals surface area contributed by atoms with Crippen molar-refractivity contribution in [2.24, 2.45) is 27.6 Å².